The molecule has 74 valence electrons. The summed E-state index contributed by atoms with van der Waals surface area (Å²) in [7, 11) is -1.59. The van der Waals surface area contributed by atoms with E-state index in [4.69, 9.17) is 9.79 Å². The summed E-state index contributed by atoms with van der Waals surface area (Å²) in [5.74, 6) is -0.101. The monoisotopic (exact) mass is 198 g/mol. The van der Waals surface area contributed by atoms with Crippen LogP contribution in [0.25, 0.3) is 0 Å². The molecule has 1 unspecified atom stereocenters. The molecule has 0 heterocycles. The SMILES string of the molecule is CCC(C#N)C(C)=NO[Si](C)(C)C. The van der Waals surface area contributed by atoms with Gasteiger partial charge in [-0.1, -0.05) is 6.92 Å². The van der Waals surface area contributed by atoms with Gasteiger partial charge in [-0.3, -0.25) is 0 Å². The van der Waals surface area contributed by atoms with E-state index in [1.54, 1.807) is 0 Å². The minimum absolute atomic E-state index is 0.101. The molecule has 0 aliphatic rings. The molecule has 0 aliphatic heterocycles. The Bertz CT molecular complexity index is 225. The fraction of sp³-hybridized carbons (Fsp3) is 0.778. The van der Waals surface area contributed by atoms with Gasteiger partial charge in [0, 0.05) is 0 Å². The summed E-state index contributed by atoms with van der Waals surface area (Å²) in [6, 6.07) is 2.19. The molecule has 0 rings (SSSR count). The van der Waals surface area contributed by atoms with Crippen LogP contribution in [0.15, 0.2) is 5.16 Å². The van der Waals surface area contributed by atoms with E-state index in [1.165, 1.54) is 0 Å². The predicted octanol–water partition coefficient (Wildman–Crippen LogP) is 2.76. The van der Waals surface area contributed by atoms with E-state index in [2.05, 4.69) is 30.9 Å². The largest absolute Gasteiger partial charge is 0.456 e. The van der Waals surface area contributed by atoms with Crippen LogP contribution >= 0.6 is 0 Å². The second kappa shape index (κ2) is 5.03. The molecule has 0 fully saturated rings. The number of hydrogen-bond acceptors (Lipinski definition) is 3. The van der Waals surface area contributed by atoms with Gasteiger partial charge >= 0.3 is 0 Å². The average Bonchev–Trinajstić information content (AvgIpc) is 2.02. The summed E-state index contributed by atoms with van der Waals surface area (Å²) in [5, 5.41) is 12.7. The third kappa shape index (κ3) is 5.42. The third-order valence-corrected chi connectivity index (χ3v) is 2.17. The Kier molecular flexibility index (Phi) is 4.71. The quantitative estimate of drug-likeness (QED) is 0.396. The first-order chi connectivity index (χ1) is 5.90. The van der Waals surface area contributed by atoms with Gasteiger partial charge in [0.25, 0.3) is 8.32 Å². The molecule has 0 amide bonds. The van der Waals surface area contributed by atoms with Gasteiger partial charge in [-0.2, -0.15) is 5.26 Å². The predicted molar refractivity (Wildman–Crippen MR) is 56.9 cm³/mol. The van der Waals surface area contributed by atoms with Crippen LogP contribution in [-0.2, 0) is 4.53 Å². The van der Waals surface area contributed by atoms with Crippen LogP contribution in [0.3, 0.4) is 0 Å². The molecule has 4 heteroatoms. The van der Waals surface area contributed by atoms with Gasteiger partial charge in [0.2, 0.25) is 0 Å². The zero-order chi connectivity index (χ0) is 10.5. The number of nitriles is 1. The smallest absolute Gasteiger partial charge is 0.278 e. The fourth-order valence-corrected chi connectivity index (χ4v) is 1.17. The molecule has 3 nitrogen and oxygen atoms in total. The van der Waals surface area contributed by atoms with E-state index in [0.717, 1.165) is 12.1 Å². The lowest BCUT2D eigenvalue weighted by atomic mass is 10.0. The van der Waals surface area contributed by atoms with Crippen LogP contribution in [0, 0.1) is 17.2 Å². The lowest BCUT2D eigenvalue weighted by Crippen LogP contribution is -2.23. The Hall–Kier alpha value is -0.823. The molecule has 13 heavy (non-hydrogen) atoms. The molecule has 0 spiro atoms. The first-order valence-corrected chi connectivity index (χ1v) is 7.93. The fourth-order valence-electron chi connectivity index (χ4n) is 0.753. The van der Waals surface area contributed by atoms with Gasteiger partial charge in [0.1, 0.15) is 0 Å². The number of nitrogens with zero attached hydrogens (tertiary/aromatic N) is 2. The Morgan fingerprint density at radius 2 is 2.08 bits per heavy atom. The summed E-state index contributed by atoms with van der Waals surface area (Å²) in [4.78, 5) is 0. The Morgan fingerprint density at radius 3 is 2.38 bits per heavy atom. The topological polar surface area (TPSA) is 45.4 Å². The molecule has 0 radical (unpaired) electrons. The first-order valence-electron chi connectivity index (χ1n) is 4.53. The molecular weight excluding hydrogens is 180 g/mol. The summed E-state index contributed by atoms with van der Waals surface area (Å²) in [6.45, 7) is 10.0. The zero-order valence-corrected chi connectivity index (χ0v) is 10.1. The lowest BCUT2D eigenvalue weighted by molar-refractivity contribution is 0.332. The maximum absolute atomic E-state index is 8.75. The van der Waals surface area contributed by atoms with Gasteiger partial charge in [-0.15, -0.1) is 5.16 Å². The second-order valence-corrected chi connectivity index (χ2v) is 8.43. The average molecular weight is 198 g/mol. The highest BCUT2D eigenvalue weighted by Gasteiger charge is 2.17. The molecular formula is C9H18N2OSi. The maximum atomic E-state index is 8.75. The molecule has 0 aromatic heterocycles. The maximum Gasteiger partial charge on any atom is 0.278 e. The summed E-state index contributed by atoms with van der Waals surface area (Å²) < 4.78 is 5.35. The number of oxime groups is 1. The summed E-state index contributed by atoms with van der Waals surface area (Å²) in [6.07, 6.45) is 0.793. The van der Waals surface area contributed by atoms with Crippen molar-refractivity contribution in [1.82, 2.24) is 0 Å². The second-order valence-electron chi connectivity index (χ2n) is 4.03. The number of rotatable bonds is 4. The van der Waals surface area contributed by atoms with E-state index in [-0.39, 0.29) is 5.92 Å². The van der Waals surface area contributed by atoms with Gasteiger partial charge in [0.15, 0.2) is 0 Å². The van der Waals surface area contributed by atoms with Crippen molar-refractivity contribution in [2.24, 2.45) is 11.1 Å². The number of hydrogen-bond donors (Lipinski definition) is 0. The van der Waals surface area contributed by atoms with E-state index in [0.29, 0.717) is 0 Å². The van der Waals surface area contributed by atoms with Gasteiger partial charge < -0.3 is 4.53 Å². The van der Waals surface area contributed by atoms with E-state index >= 15 is 0 Å². The zero-order valence-electron chi connectivity index (χ0n) is 9.09. The minimum Gasteiger partial charge on any atom is -0.456 e. The first kappa shape index (κ1) is 12.2. The van der Waals surface area contributed by atoms with Crippen LogP contribution in [0.2, 0.25) is 19.6 Å². The molecule has 0 saturated heterocycles. The standard InChI is InChI=1S/C9H18N2OSi/c1-6-9(7-10)8(2)11-12-13(3,4)5/h9H,6H2,1-5H3. The van der Waals surface area contributed by atoms with Crippen molar-refractivity contribution >= 4 is 14.0 Å². The van der Waals surface area contributed by atoms with Crippen LogP contribution in [-0.4, -0.2) is 14.0 Å². The normalized spacial score (nSPS) is 14.9. The molecule has 0 aliphatic carbocycles. The highest BCUT2D eigenvalue weighted by molar-refractivity contribution is 6.69. The molecule has 0 aromatic carbocycles. The third-order valence-electron chi connectivity index (χ3n) is 1.53. The van der Waals surface area contributed by atoms with Crippen molar-refractivity contribution in [2.45, 2.75) is 39.9 Å². The van der Waals surface area contributed by atoms with E-state index < -0.39 is 8.32 Å². The lowest BCUT2D eigenvalue weighted by Gasteiger charge is -2.14. The minimum atomic E-state index is -1.59. The summed E-state index contributed by atoms with van der Waals surface area (Å²) in [5.41, 5.74) is 0.785. The van der Waals surface area contributed by atoms with Crippen molar-refractivity contribution in [3.63, 3.8) is 0 Å². The van der Waals surface area contributed by atoms with Gasteiger partial charge in [-0.05, 0) is 33.0 Å². The van der Waals surface area contributed by atoms with Crippen molar-refractivity contribution in [2.75, 3.05) is 0 Å². The van der Waals surface area contributed by atoms with Crippen molar-refractivity contribution in [1.29, 1.82) is 5.26 Å². The highest BCUT2D eigenvalue weighted by Crippen LogP contribution is 2.08. The summed E-state index contributed by atoms with van der Waals surface area (Å²) >= 11 is 0. The van der Waals surface area contributed by atoms with Crippen molar-refractivity contribution in [3.8, 4) is 6.07 Å². The highest BCUT2D eigenvalue weighted by atomic mass is 28.4. The molecule has 0 N–H and O–H groups in total. The van der Waals surface area contributed by atoms with Crippen molar-refractivity contribution < 1.29 is 4.53 Å². The van der Waals surface area contributed by atoms with Gasteiger partial charge in [0.05, 0.1) is 17.7 Å². The Morgan fingerprint density at radius 1 is 1.54 bits per heavy atom. The van der Waals surface area contributed by atoms with Crippen LogP contribution in [0.4, 0.5) is 0 Å². The van der Waals surface area contributed by atoms with Crippen molar-refractivity contribution in [3.05, 3.63) is 0 Å². The van der Waals surface area contributed by atoms with Crippen LogP contribution in [0.5, 0.6) is 0 Å². The van der Waals surface area contributed by atoms with E-state index in [1.807, 2.05) is 13.8 Å². The Labute approximate surface area is 81.5 Å². The van der Waals surface area contributed by atoms with Crippen LogP contribution < -0.4 is 0 Å². The molecule has 0 aromatic rings. The van der Waals surface area contributed by atoms with Gasteiger partial charge in [-0.25, -0.2) is 0 Å². The van der Waals surface area contributed by atoms with E-state index in [9.17, 15) is 0 Å². The molecule has 0 saturated carbocycles. The Balaban J connectivity index is 4.25. The molecule has 1 atom stereocenters. The van der Waals surface area contributed by atoms with Crippen LogP contribution in [0.1, 0.15) is 20.3 Å². The molecule has 0 bridgehead atoms.